The second-order valence-corrected chi connectivity index (χ2v) is 7.87. The van der Waals surface area contributed by atoms with Gasteiger partial charge in [-0.1, -0.05) is 12.1 Å². The first kappa shape index (κ1) is 20.2. The molecular weight excluding hydrogens is 383 g/mol. The number of piperidine rings is 1. The van der Waals surface area contributed by atoms with Crippen LogP contribution < -0.4 is 5.32 Å². The molecule has 30 heavy (non-hydrogen) atoms. The van der Waals surface area contributed by atoms with Crippen LogP contribution in [0.25, 0.3) is 11.5 Å². The zero-order valence-corrected chi connectivity index (χ0v) is 17.2. The molecule has 0 unspecified atom stereocenters. The summed E-state index contributed by atoms with van der Waals surface area (Å²) in [5.41, 5.74) is 3.75. The maximum atomic E-state index is 13.1. The molecule has 2 heterocycles. The van der Waals surface area contributed by atoms with Crippen molar-refractivity contribution < 1.29 is 13.6 Å². The van der Waals surface area contributed by atoms with Gasteiger partial charge in [-0.25, -0.2) is 4.39 Å². The van der Waals surface area contributed by atoms with Gasteiger partial charge in [-0.05, 0) is 81.2 Å². The Kier molecular flexibility index (Phi) is 5.90. The molecule has 0 bridgehead atoms. The van der Waals surface area contributed by atoms with Gasteiger partial charge in [0.2, 0.25) is 17.7 Å². The fourth-order valence-electron chi connectivity index (χ4n) is 3.71. The second kappa shape index (κ2) is 8.75. The van der Waals surface area contributed by atoms with Crippen molar-refractivity contribution in [2.24, 2.45) is 0 Å². The van der Waals surface area contributed by atoms with Crippen molar-refractivity contribution in [3.63, 3.8) is 0 Å². The average Bonchev–Trinajstić information content (AvgIpc) is 3.22. The van der Waals surface area contributed by atoms with Crippen LogP contribution in [-0.4, -0.2) is 40.6 Å². The van der Waals surface area contributed by atoms with E-state index in [1.165, 1.54) is 12.1 Å². The molecule has 0 aliphatic carbocycles. The number of rotatable bonds is 5. The summed E-state index contributed by atoms with van der Waals surface area (Å²) in [7, 11) is 0. The predicted octanol–water partition coefficient (Wildman–Crippen LogP) is 4.31. The Labute approximate surface area is 175 Å². The zero-order chi connectivity index (χ0) is 21.1. The minimum atomic E-state index is -0.299. The second-order valence-electron chi connectivity index (χ2n) is 7.87. The van der Waals surface area contributed by atoms with Crippen LogP contribution in [0.4, 0.5) is 10.1 Å². The van der Waals surface area contributed by atoms with Crippen molar-refractivity contribution in [3.8, 4) is 11.5 Å². The molecule has 4 rings (SSSR count). The first-order chi connectivity index (χ1) is 14.5. The Hall–Kier alpha value is -3.06. The standard InChI is InChI=1S/C23H25FN4O2/c1-15-3-4-16(2)20(13-15)25-21(29)14-28-11-9-18(10-12-28)23-27-26-22(30-23)17-5-7-19(24)8-6-17/h3-8,13,18H,9-12,14H2,1-2H3,(H,25,29). The minimum Gasteiger partial charge on any atom is -0.420 e. The number of nitrogens with zero attached hydrogens (tertiary/aromatic N) is 3. The Morgan fingerprint density at radius 2 is 1.87 bits per heavy atom. The highest BCUT2D eigenvalue weighted by molar-refractivity contribution is 5.93. The van der Waals surface area contributed by atoms with Crippen LogP contribution >= 0.6 is 0 Å². The normalized spacial score (nSPS) is 15.3. The van der Waals surface area contributed by atoms with Crippen LogP contribution in [0, 0.1) is 19.7 Å². The Morgan fingerprint density at radius 1 is 1.13 bits per heavy atom. The molecule has 0 saturated carbocycles. The Morgan fingerprint density at radius 3 is 2.60 bits per heavy atom. The van der Waals surface area contributed by atoms with Crippen molar-refractivity contribution in [2.75, 3.05) is 25.0 Å². The fourth-order valence-corrected chi connectivity index (χ4v) is 3.71. The topological polar surface area (TPSA) is 71.3 Å². The monoisotopic (exact) mass is 408 g/mol. The van der Waals surface area contributed by atoms with E-state index < -0.39 is 0 Å². The number of aryl methyl sites for hydroxylation is 2. The molecule has 0 atom stereocenters. The molecule has 1 aliphatic heterocycles. The summed E-state index contributed by atoms with van der Waals surface area (Å²) in [5.74, 6) is 0.880. The van der Waals surface area contributed by atoms with E-state index in [1.807, 2.05) is 32.0 Å². The summed E-state index contributed by atoms with van der Waals surface area (Å²) in [6.45, 7) is 5.95. The predicted molar refractivity (Wildman–Crippen MR) is 113 cm³/mol. The van der Waals surface area contributed by atoms with Gasteiger partial charge in [0.15, 0.2) is 0 Å². The number of aromatic nitrogens is 2. The molecule has 1 N–H and O–H groups in total. The zero-order valence-electron chi connectivity index (χ0n) is 17.2. The highest BCUT2D eigenvalue weighted by Crippen LogP contribution is 2.29. The molecule has 1 saturated heterocycles. The molecule has 1 fully saturated rings. The van der Waals surface area contributed by atoms with Gasteiger partial charge in [0.1, 0.15) is 5.82 Å². The van der Waals surface area contributed by atoms with Crippen molar-refractivity contribution in [1.82, 2.24) is 15.1 Å². The number of likely N-dealkylation sites (tertiary alicyclic amines) is 1. The molecular formula is C23H25FN4O2. The molecule has 0 radical (unpaired) electrons. The van der Waals surface area contributed by atoms with Gasteiger partial charge in [-0.3, -0.25) is 9.69 Å². The van der Waals surface area contributed by atoms with E-state index in [9.17, 15) is 9.18 Å². The molecule has 1 aromatic heterocycles. The lowest BCUT2D eigenvalue weighted by molar-refractivity contribution is -0.117. The number of hydrogen-bond donors (Lipinski definition) is 1. The first-order valence-corrected chi connectivity index (χ1v) is 10.2. The summed E-state index contributed by atoms with van der Waals surface area (Å²) in [4.78, 5) is 14.6. The number of carbonyl (C=O) groups is 1. The molecule has 2 aromatic carbocycles. The summed E-state index contributed by atoms with van der Waals surface area (Å²) in [5, 5.41) is 11.3. The maximum absolute atomic E-state index is 13.1. The average molecular weight is 408 g/mol. The van der Waals surface area contributed by atoms with Crippen LogP contribution in [-0.2, 0) is 4.79 Å². The van der Waals surface area contributed by atoms with Crippen molar-refractivity contribution >= 4 is 11.6 Å². The smallest absolute Gasteiger partial charge is 0.247 e. The van der Waals surface area contributed by atoms with E-state index in [0.717, 1.165) is 42.7 Å². The van der Waals surface area contributed by atoms with Crippen LogP contribution in [0.1, 0.15) is 35.8 Å². The number of halogens is 1. The molecule has 6 nitrogen and oxygen atoms in total. The number of benzene rings is 2. The number of hydrogen-bond acceptors (Lipinski definition) is 5. The summed E-state index contributed by atoms with van der Waals surface area (Å²) < 4.78 is 18.9. The number of anilines is 1. The highest BCUT2D eigenvalue weighted by atomic mass is 19.1. The SMILES string of the molecule is Cc1ccc(C)c(NC(=O)CN2CCC(c3nnc(-c4ccc(F)cc4)o3)CC2)c1. The number of carbonyl (C=O) groups excluding carboxylic acids is 1. The third-order valence-electron chi connectivity index (χ3n) is 5.50. The van der Waals surface area contributed by atoms with E-state index >= 15 is 0 Å². The van der Waals surface area contributed by atoms with Gasteiger partial charge in [0.25, 0.3) is 0 Å². The van der Waals surface area contributed by atoms with Gasteiger partial charge >= 0.3 is 0 Å². The van der Waals surface area contributed by atoms with Crippen molar-refractivity contribution in [2.45, 2.75) is 32.6 Å². The van der Waals surface area contributed by atoms with Crippen LogP contribution in [0.2, 0.25) is 0 Å². The van der Waals surface area contributed by atoms with Gasteiger partial charge in [0, 0.05) is 17.2 Å². The van der Waals surface area contributed by atoms with Gasteiger partial charge < -0.3 is 9.73 Å². The lowest BCUT2D eigenvalue weighted by atomic mass is 9.97. The molecule has 3 aromatic rings. The minimum absolute atomic E-state index is 0.00136. The van der Waals surface area contributed by atoms with Crippen molar-refractivity contribution in [1.29, 1.82) is 0 Å². The largest absolute Gasteiger partial charge is 0.420 e. The maximum Gasteiger partial charge on any atom is 0.247 e. The van der Waals surface area contributed by atoms with E-state index in [0.29, 0.717) is 23.9 Å². The van der Waals surface area contributed by atoms with E-state index in [2.05, 4.69) is 20.4 Å². The number of amides is 1. The fraction of sp³-hybridized carbons (Fsp3) is 0.348. The third kappa shape index (κ3) is 4.74. The lowest BCUT2D eigenvalue weighted by Gasteiger charge is -2.29. The van der Waals surface area contributed by atoms with Crippen LogP contribution in [0.3, 0.4) is 0 Å². The van der Waals surface area contributed by atoms with Gasteiger partial charge in [-0.2, -0.15) is 0 Å². The molecule has 1 amide bonds. The summed E-state index contributed by atoms with van der Waals surface area (Å²) >= 11 is 0. The van der Waals surface area contributed by atoms with Crippen LogP contribution in [0.15, 0.2) is 46.9 Å². The number of nitrogens with one attached hydrogen (secondary N) is 1. The first-order valence-electron chi connectivity index (χ1n) is 10.2. The van der Waals surface area contributed by atoms with E-state index in [-0.39, 0.29) is 17.6 Å². The Balaban J connectivity index is 1.30. The third-order valence-corrected chi connectivity index (χ3v) is 5.50. The van der Waals surface area contributed by atoms with Gasteiger partial charge in [-0.15, -0.1) is 10.2 Å². The molecule has 156 valence electrons. The summed E-state index contributed by atoms with van der Waals surface area (Å²) in [6.07, 6.45) is 1.70. The van der Waals surface area contributed by atoms with Gasteiger partial charge in [0.05, 0.1) is 6.54 Å². The van der Waals surface area contributed by atoms with E-state index in [1.54, 1.807) is 12.1 Å². The molecule has 1 aliphatic rings. The Bertz CT molecular complexity index is 1020. The molecule has 0 spiro atoms. The van der Waals surface area contributed by atoms with Crippen molar-refractivity contribution in [3.05, 3.63) is 65.3 Å². The highest BCUT2D eigenvalue weighted by Gasteiger charge is 2.26. The van der Waals surface area contributed by atoms with Crippen LogP contribution in [0.5, 0.6) is 0 Å². The van der Waals surface area contributed by atoms with E-state index in [4.69, 9.17) is 4.42 Å². The molecule has 7 heteroatoms. The quantitative estimate of drug-likeness (QED) is 0.681. The summed E-state index contributed by atoms with van der Waals surface area (Å²) in [6, 6.07) is 12.1. The lowest BCUT2D eigenvalue weighted by Crippen LogP contribution is -2.38.